The van der Waals surface area contributed by atoms with E-state index in [0.29, 0.717) is 18.7 Å². The molecule has 0 spiro atoms. The fourth-order valence-corrected chi connectivity index (χ4v) is 4.31. The standard InChI is InChI=1S/C15H23N3O3S2/c1-2-7-17-23(20,21)14-5-3-12(4-6-14)18-15(19)10-13-11-22-9-8-16-13/h3-6,13,16-17H,2,7-11H2,1H3,(H,18,19). The smallest absolute Gasteiger partial charge is 0.240 e. The molecule has 1 fully saturated rings. The zero-order valence-corrected chi connectivity index (χ0v) is 14.8. The van der Waals surface area contributed by atoms with Crippen LogP contribution in [0.15, 0.2) is 29.2 Å². The Labute approximate surface area is 141 Å². The predicted molar refractivity (Wildman–Crippen MR) is 94.3 cm³/mol. The van der Waals surface area contributed by atoms with Gasteiger partial charge in [0, 0.05) is 42.7 Å². The van der Waals surface area contributed by atoms with Crippen molar-refractivity contribution in [3.8, 4) is 0 Å². The van der Waals surface area contributed by atoms with Crippen LogP contribution in [0, 0.1) is 0 Å². The van der Waals surface area contributed by atoms with E-state index in [0.717, 1.165) is 24.5 Å². The van der Waals surface area contributed by atoms with Crippen molar-refractivity contribution in [3.63, 3.8) is 0 Å². The van der Waals surface area contributed by atoms with Gasteiger partial charge in [-0.2, -0.15) is 11.8 Å². The van der Waals surface area contributed by atoms with Crippen molar-refractivity contribution in [2.24, 2.45) is 0 Å². The summed E-state index contributed by atoms with van der Waals surface area (Å²) in [6, 6.07) is 6.43. The van der Waals surface area contributed by atoms with Crippen LogP contribution in [0.3, 0.4) is 0 Å². The molecule has 1 aromatic carbocycles. The Morgan fingerprint density at radius 1 is 1.35 bits per heavy atom. The first-order valence-electron chi connectivity index (χ1n) is 7.72. The van der Waals surface area contributed by atoms with Crippen LogP contribution in [0.2, 0.25) is 0 Å². The normalized spacial score (nSPS) is 18.6. The fraction of sp³-hybridized carbons (Fsp3) is 0.533. The molecule has 1 aliphatic rings. The molecule has 1 amide bonds. The number of thioether (sulfide) groups is 1. The third kappa shape index (κ3) is 5.80. The fourth-order valence-electron chi connectivity index (χ4n) is 2.22. The molecule has 1 atom stereocenters. The molecule has 1 unspecified atom stereocenters. The third-order valence-electron chi connectivity index (χ3n) is 3.42. The van der Waals surface area contributed by atoms with E-state index in [-0.39, 0.29) is 16.8 Å². The van der Waals surface area contributed by atoms with Crippen LogP contribution in [0.5, 0.6) is 0 Å². The highest BCUT2D eigenvalue weighted by Gasteiger charge is 2.17. The van der Waals surface area contributed by atoms with E-state index in [1.54, 1.807) is 12.1 Å². The van der Waals surface area contributed by atoms with Gasteiger partial charge >= 0.3 is 0 Å². The monoisotopic (exact) mass is 357 g/mol. The summed E-state index contributed by atoms with van der Waals surface area (Å²) in [5.74, 6) is 1.96. The van der Waals surface area contributed by atoms with Crippen LogP contribution >= 0.6 is 11.8 Å². The number of benzene rings is 1. The van der Waals surface area contributed by atoms with Gasteiger partial charge in [-0.3, -0.25) is 4.79 Å². The van der Waals surface area contributed by atoms with Crippen LogP contribution in [-0.4, -0.2) is 45.0 Å². The van der Waals surface area contributed by atoms with Gasteiger partial charge in [0.05, 0.1) is 4.90 Å². The molecule has 1 saturated heterocycles. The molecule has 0 saturated carbocycles. The number of anilines is 1. The Bertz CT molecular complexity index is 611. The van der Waals surface area contributed by atoms with Crippen LogP contribution in [0.25, 0.3) is 0 Å². The second kappa shape index (κ2) is 8.68. The maximum absolute atomic E-state index is 12.0. The van der Waals surface area contributed by atoms with Crippen molar-refractivity contribution in [1.29, 1.82) is 0 Å². The highest BCUT2D eigenvalue weighted by molar-refractivity contribution is 7.99. The summed E-state index contributed by atoms with van der Waals surface area (Å²) >= 11 is 1.85. The van der Waals surface area contributed by atoms with Gasteiger partial charge in [-0.1, -0.05) is 6.92 Å². The average molecular weight is 358 g/mol. The van der Waals surface area contributed by atoms with Crippen molar-refractivity contribution in [3.05, 3.63) is 24.3 Å². The van der Waals surface area contributed by atoms with Gasteiger partial charge in [0.2, 0.25) is 15.9 Å². The predicted octanol–water partition coefficient (Wildman–Crippen LogP) is 1.41. The number of hydrogen-bond donors (Lipinski definition) is 3. The molecule has 128 valence electrons. The zero-order valence-electron chi connectivity index (χ0n) is 13.2. The van der Waals surface area contributed by atoms with Gasteiger partial charge in [-0.05, 0) is 30.7 Å². The van der Waals surface area contributed by atoms with Crippen molar-refractivity contribution < 1.29 is 13.2 Å². The number of amides is 1. The molecule has 0 aliphatic carbocycles. The quantitative estimate of drug-likeness (QED) is 0.687. The van der Waals surface area contributed by atoms with Crippen molar-refractivity contribution in [1.82, 2.24) is 10.0 Å². The summed E-state index contributed by atoms with van der Waals surface area (Å²) < 4.78 is 26.5. The molecule has 1 aliphatic heterocycles. The largest absolute Gasteiger partial charge is 0.326 e. The van der Waals surface area contributed by atoms with Gasteiger partial charge < -0.3 is 10.6 Å². The zero-order chi connectivity index (χ0) is 16.7. The molecule has 6 nitrogen and oxygen atoms in total. The Morgan fingerprint density at radius 2 is 2.09 bits per heavy atom. The summed E-state index contributed by atoms with van der Waals surface area (Å²) in [6.45, 7) is 3.24. The second-order valence-corrected chi connectivity index (χ2v) is 8.32. The van der Waals surface area contributed by atoms with E-state index >= 15 is 0 Å². The first-order valence-corrected chi connectivity index (χ1v) is 10.4. The molecule has 2 rings (SSSR count). The summed E-state index contributed by atoms with van der Waals surface area (Å²) in [5.41, 5.74) is 0.605. The van der Waals surface area contributed by atoms with Crippen LogP contribution in [0.4, 0.5) is 5.69 Å². The Morgan fingerprint density at radius 3 is 2.70 bits per heavy atom. The summed E-state index contributed by atoms with van der Waals surface area (Å²) in [7, 11) is -3.47. The number of carbonyl (C=O) groups is 1. The summed E-state index contributed by atoms with van der Waals surface area (Å²) in [5, 5.41) is 6.12. The van der Waals surface area contributed by atoms with Crippen LogP contribution in [-0.2, 0) is 14.8 Å². The van der Waals surface area contributed by atoms with Gasteiger partial charge in [0.25, 0.3) is 0 Å². The molecular formula is C15H23N3O3S2. The maximum Gasteiger partial charge on any atom is 0.240 e. The number of rotatable bonds is 7. The van der Waals surface area contributed by atoms with E-state index in [1.165, 1.54) is 12.1 Å². The number of hydrogen-bond acceptors (Lipinski definition) is 5. The molecule has 3 N–H and O–H groups in total. The number of nitrogens with one attached hydrogen (secondary N) is 3. The van der Waals surface area contributed by atoms with E-state index < -0.39 is 10.0 Å². The van der Waals surface area contributed by atoms with E-state index in [9.17, 15) is 13.2 Å². The van der Waals surface area contributed by atoms with Crippen molar-refractivity contribution in [2.75, 3.05) is 29.9 Å². The third-order valence-corrected chi connectivity index (χ3v) is 6.03. The summed E-state index contributed by atoms with van der Waals surface area (Å²) in [6.07, 6.45) is 1.16. The molecule has 0 bridgehead atoms. The molecule has 23 heavy (non-hydrogen) atoms. The lowest BCUT2D eigenvalue weighted by Crippen LogP contribution is -2.39. The number of carbonyl (C=O) groups excluding carboxylic acids is 1. The Kier molecular flexibility index (Phi) is 6.88. The lowest BCUT2D eigenvalue weighted by Gasteiger charge is -2.22. The SMILES string of the molecule is CCCNS(=O)(=O)c1ccc(NC(=O)CC2CSCCN2)cc1. The lowest BCUT2D eigenvalue weighted by atomic mass is 10.2. The Balaban J connectivity index is 1.90. The highest BCUT2D eigenvalue weighted by Crippen LogP contribution is 2.15. The van der Waals surface area contributed by atoms with Crippen LogP contribution in [0.1, 0.15) is 19.8 Å². The van der Waals surface area contributed by atoms with Gasteiger partial charge in [-0.15, -0.1) is 0 Å². The van der Waals surface area contributed by atoms with Gasteiger partial charge in [0.15, 0.2) is 0 Å². The molecule has 1 aromatic rings. The molecule has 1 heterocycles. The van der Waals surface area contributed by atoms with Crippen molar-refractivity contribution in [2.45, 2.75) is 30.7 Å². The lowest BCUT2D eigenvalue weighted by molar-refractivity contribution is -0.116. The first kappa shape index (κ1) is 18.3. The van der Waals surface area contributed by atoms with E-state index in [2.05, 4.69) is 15.4 Å². The van der Waals surface area contributed by atoms with Gasteiger partial charge in [-0.25, -0.2) is 13.1 Å². The maximum atomic E-state index is 12.0. The van der Waals surface area contributed by atoms with E-state index in [1.807, 2.05) is 18.7 Å². The molecular weight excluding hydrogens is 334 g/mol. The second-order valence-electron chi connectivity index (χ2n) is 5.40. The molecule has 8 heteroatoms. The average Bonchev–Trinajstić information content (AvgIpc) is 2.54. The van der Waals surface area contributed by atoms with Gasteiger partial charge in [0.1, 0.15) is 0 Å². The molecule has 0 radical (unpaired) electrons. The first-order chi connectivity index (χ1) is 11.0. The minimum absolute atomic E-state index is 0.0651. The van der Waals surface area contributed by atoms with Crippen molar-refractivity contribution >= 4 is 33.4 Å². The summed E-state index contributed by atoms with van der Waals surface area (Å²) in [4.78, 5) is 12.2. The minimum Gasteiger partial charge on any atom is -0.326 e. The van der Waals surface area contributed by atoms with Crippen LogP contribution < -0.4 is 15.4 Å². The topological polar surface area (TPSA) is 87.3 Å². The minimum atomic E-state index is -3.47. The molecule has 0 aromatic heterocycles. The Hall–Kier alpha value is -1.09. The number of sulfonamides is 1. The van der Waals surface area contributed by atoms with E-state index in [4.69, 9.17) is 0 Å². The highest BCUT2D eigenvalue weighted by atomic mass is 32.2.